The standard InChI is InChI=1S/C23H36N6O2/c1-17(2)22-27-21(31-28-22)12-13-25-23(24-3)26-16-20(29-14-6-5-7-15-29)18-8-10-19(30-4)11-9-18/h8-11,17,20H,5-7,12-16H2,1-4H3,(H2,24,25,26). The second kappa shape index (κ2) is 11.7. The maximum Gasteiger partial charge on any atom is 0.228 e. The lowest BCUT2D eigenvalue weighted by Crippen LogP contribution is -2.44. The predicted molar refractivity (Wildman–Crippen MR) is 123 cm³/mol. The highest BCUT2D eigenvalue weighted by Crippen LogP contribution is 2.25. The molecule has 1 aromatic carbocycles. The summed E-state index contributed by atoms with van der Waals surface area (Å²) in [6.07, 6.45) is 4.48. The topological polar surface area (TPSA) is 87.8 Å². The fraction of sp³-hybridized carbons (Fsp3) is 0.609. The predicted octanol–water partition coefficient (Wildman–Crippen LogP) is 3.14. The third kappa shape index (κ3) is 6.69. The number of nitrogens with one attached hydrogen (secondary N) is 2. The first-order valence-corrected chi connectivity index (χ1v) is 11.3. The van der Waals surface area contributed by atoms with Gasteiger partial charge in [-0.1, -0.05) is 37.6 Å². The number of piperidine rings is 1. The van der Waals surface area contributed by atoms with E-state index in [0.717, 1.165) is 37.2 Å². The zero-order valence-electron chi connectivity index (χ0n) is 19.2. The molecule has 2 N–H and O–H groups in total. The largest absolute Gasteiger partial charge is 0.497 e. The number of hydrogen-bond acceptors (Lipinski definition) is 6. The maximum absolute atomic E-state index is 5.33. The van der Waals surface area contributed by atoms with E-state index in [1.165, 1.54) is 24.8 Å². The molecule has 31 heavy (non-hydrogen) atoms. The molecule has 8 heteroatoms. The Morgan fingerprint density at radius 1 is 1.16 bits per heavy atom. The molecule has 0 radical (unpaired) electrons. The summed E-state index contributed by atoms with van der Waals surface area (Å²) in [7, 11) is 3.49. The van der Waals surface area contributed by atoms with Gasteiger partial charge >= 0.3 is 0 Å². The van der Waals surface area contributed by atoms with Gasteiger partial charge in [0.05, 0.1) is 13.2 Å². The third-order valence-corrected chi connectivity index (χ3v) is 5.65. The lowest BCUT2D eigenvalue weighted by molar-refractivity contribution is 0.164. The summed E-state index contributed by atoms with van der Waals surface area (Å²) in [6.45, 7) is 7.82. The summed E-state index contributed by atoms with van der Waals surface area (Å²) in [5.41, 5.74) is 1.29. The highest BCUT2D eigenvalue weighted by molar-refractivity contribution is 5.79. The van der Waals surface area contributed by atoms with Crippen LogP contribution in [-0.2, 0) is 6.42 Å². The molecule has 0 bridgehead atoms. The van der Waals surface area contributed by atoms with Crippen LogP contribution in [0.2, 0.25) is 0 Å². The Bertz CT molecular complexity index is 812. The summed E-state index contributed by atoms with van der Waals surface area (Å²) in [4.78, 5) is 11.4. The van der Waals surface area contributed by atoms with Crippen molar-refractivity contribution in [2.75, 3.05) is 40.3 Å². The van der Waals surface area contributed by atoms with E-state index < -0.39 is 0 Å². The number of benzene rings is 1. The number of hydrogen-bond donors (Lipinski definition) is 2. The molecule has 0 amide bonds. The Morgan fingerprint density at radius 3 is 2.52 bits per heavy atom. The number of aromatic nitrogens is 2. The molecule has 1 unspecified atom stereocenters. The van der Waals surface area contributed by atoms with Crippen molar-refractivity contribution in [3.8, 4) is 5.75 Å². The Labute approximate surface area is 185 Å². The molecule has 2 heterocycles. The van der Waals surface area contributed by atoms with Crippen LogP contribution in [0.5, 0.6) is 5.75 Å². The molecule has 0 saturated carbocycles. The average molecular weight is 429 g/mol. The molecule has 2 aromatic rings. The minimum absolute atomic E-state index is 0.268. The maximum atomic E-state index is 5.33. The number of rotatable bonds is 9. The lowest BCUT2D eigenvalue weighted by atomic mass is 10.0. The van der Waals surface area contributed by atoms with E-state index in [0.29, 0.717) is 18.9 Å². The van der Waals surface area contributed by atoms with Gasteiger partial charge < -0.3 is 19.9 Å². The fourth-order valence-corrected chi connectivity index (χ4v) is 3.82. The molecule has 0 aliphatic carbocycles. The van der Waals surface area contributed by atoms with Gasteiger partial charge in [-0.05, 0) is 43.6 Å². The number of likely N-dealkylation sites (tertiary alicyclic amines) is 1. The molecule has 3 rings (SSSR count). The van der Waals surface area contributed by atoms with Gasteiger partial charge in [-0.15, -0.1) is 0 Å². The van der Waals surface area contributed by atoms with Crippen molar-refractivity contribution in [3.05, 3.63) is 41.5 Å². The average Bonchev–Trinajstić information content (AvgIpc) is 3.28. The van der Waals surface area contributed by atoms with Gasteiger partial charge in [0.15, 0.2) is 11.8 Å². The summed E-state index contributed by atoms with van der Waals surface area (Å²) < 4.78 is 10.6. The van der Waals surface area contributed by atoms with Gasteiger partial charge in [0.2, 0.25) is 5.89 Å². The summed E-state index contributed by atoms with van der Waals surface area (Å²) in [5.74, 6) is 3.33. The van der Waals surface area contributed by atoms with Crippen LogP contribution in [0.3, 0.4) is 0 Å². The minimum atomic E-state index is 0.268. The van der Waals surface area contributed by atoms with Crippen LogP contribution in [0.25, 0.3) is 0 Å². The SMILES string of the molecule is CN=C(NCCc1nc(C(C)C)no1)NCC(c1ccc(OC)cc1)N1CCCCC1. The van der Waals surface area contributed by atoms with E-state index in [9.17, 15) is 0 Å². The van der Waals surface area contributed by atoms with Gasteiger partial charge in [0.25, 0.3) is 0 Å². The molecule has 1 aromatic heterocycles. The first kappa shape index (κ1) is 23.1. The van der Waals surface area contributed by atoms with Crippen LogP contribution in [0.15, 0.2) is 33.8 Å². The Morgan fingerprint density at radius 2 is 1.90 bits per heavy atom. The smallest absolute Gasteiger partial charge is 0.228 e. The quantitative estimate of drug-likeness (QED) is 0.469. The Hall–Kier alpha value is -2.61. The minimum Gasteiger partial charge on any atom is -0.497 e. The first-order chi connectivity index (χ1) is 15.1. The molecule has 1 aliphatic heterocycles. The van der Waals surface area contributed by atoms with Crippen LogP contribution in [0.4, 0.5) is 0 Å². The zero-order valence-corrected chi connectivity index (χ0v) is 19.2. The van der Waals surface area contributed by atoms with Crippen LogP contribution < -0.4 is 15.4 Å². The van der Waals surface area contributed by atoms with Crippen molar-refractivity contribution in [3.63, 3.8) is 0 Å². The zero-order chi connectivity index (χ0) is 22.1. The molecule has 170 valence electrons. The summed E-state index contributed by atoms with van der Waals surface area (Å²) in [5, 5.41) is 10.9. The van der Waals surface area contributed by atoms with Crippen molar-refractivity contribution < 1.29 is 9.26 Å². The number of ether oxygens (including phenoxy) is 1. The van der Waals surface area contributed by atoms with E-state index >= 15 is 0 Å². The lowest BCUT2D eigenvalue weighted by Gasteiger charge is -2.35. The normalized spacial score (nSPS) is 16.4. The highest BCUT2D eigenvalue weighted by atomic mass is 16.5. The van der Waals surface area contributed by atoms with Crippen LogP contribution >= 0.6 is 0 Å². The van der Waals surface area contributed by atoms with Crippen molar-refractivity contribution in [1.82, 2.24) is 25.7 Å². The van der Waals surface area contributed by atoms with Crippen LogP contribution in [0, 0.1) is 0 Å². The van der Waals surface area contributed by atoms with E-state index in [2.05, 4.69) is 56.6 Å². The molecule has 1 atom stereocenters. The molecule has 8 nitrogen and oxygen atoms in total. The van der Waals surface area contributed by atoms with Crippen LogP contribution in [-0.4, -0.2) is 61.3 Å². The number of nitrogens with zero attached hydrogens (tertiary/aromatic N) is 4. The van der Waals surface area contributed by atoms with Crippen LogP contribution in [0.1, 0.15) is 62.3 Å². The van der Waals surface area contributed by atoms with Gasteiger partial charge in [0.1, 0.15) is 5.75 Å². The Kier molecular flexibility index (Phi) is 8.70. The molecular weight excluding hydrogens is 392 g/mol. The molecule has 1 aliphatic rings. The van der Waals surface area contributed by atoms with Crippen molar-refractivity contribution >= 4 is 5.96 Å². The van der Waals surface area contributed by atoms with E-state index in [-0.39, 0.29) is 12.0 Å². The monoisotopic (exact) mass is 428 g/mol. The summed E-state index contributed by atoms with van der Waals surface area (Å²) in [6, 6.07) is 8.69. The number of aliphatic imine (C=N–C) groups is 1. The van der Waals surface area contributed by atoms with Gasteiger partial charge in [-0.2, -0.15) is 4.98 Å². The van der Waals surface area contributed by atoms with E-state index in [4.69, 9.17) is 9.26 Å². The van der Waals surface area contributed by atoms with Crippen molar-refractivity contribution in [1.29, 1.82) is 0 Å². The first-order valence-electron chi connectivity index (χ1n) is 11.3. The highest BCUT2D eigenvalue weighted by Gasteiger charge is 2.22. The second-order valence-electron chi connectivity index (χ2n) is 8.22. The van der Waals surface area contributed by atoms with Crippen molar-refractivity contribution in [2.45, 2.75) is 51.5 Å². The third-order valence-electron chi connectivity index (χ3n) is 5.65. The molecule has 1 fully saturated rings. The molecular formula is C23H36N6O2. The number of methoxy groups -OCH3 is 1. The van der Waals surface area contributed by atoms with Gasteiger partial charge in [0, 0.05) is 32.5 Å². The van der Waals surface area contributed by atoms with Gasteiger partial charge in [-0.3, -0.25) is 9.89 Å². The fourth-order valence-electron chi connectivity index (χ4n) is 3.82. The Balaban J connectivity index is 1.56. The van der Waals surface area contributed by atoms with E-state index in [1.807, 2.05) is 12.1 Å². The van der Waals surface area contributed by atoms with Gasteiger partial charge in [-0.25, -0.2) is 0 Å². The summed E-state index contributed by atoms with van der Waals surface area (Å²) >= 11 is 0. The molecule has 0 spiro atoms. The molecule has 1 saturated heterocycles. The number of guanidine groups is 1. The van der Waals surface area contributed by atoms with E-state index in [1.54, 1.807) is 14.2 Å². The van der Waals surface area contributed by atoms with Crippen molar-refractivity contribution in [2.24, 2.45) is 4.99 Å². The second-order valence-corrected chi connectivity index (χ2v) is 8.22.